The molecule has 0 aliphatic carbocycles. The van der Waals surface area contributed by atoms with Gasteiger partial charge in [0, 0.05) is 49.7 Å². The van der Waals surface area contributed by atoms with Crippen LogP contribution in [-0.2, 0) is 19.0 Å². The summed E-state index contributed by atoms with van der Waals surface area (Å²) >= 11 is 0. The lowest BCUT2D eigenvalue weighted by molar-refractivity contribution is -0.144. The highest BCUT2D eigenvalue weighted by atomic mass is 16.6. The third kappa shape index (κ3) is 13.7. The zero-order chi connectivity index (χ0) is 50.2. The number of hydrogen-bond acceptors (Lipinski definition) is 13. The van der Waals surface area contributed by atoms with Crippen LogP contribution in [0, 0.1) is 11.8 Å². The Morgan fingerprint density at radius 3 is 1.41 bits per heavy atom. The molecule has 4 heterocycles. The number of rotatable bonds is 10. The summed E-state index contributed by atoms with van der Waals surface area (Å²) in [6.07, 6.45) is 5.42. The second-order valence-electron chi connectivity index (χ2n) is 20.7. The van der Waals surface area contributed by atoms with Crippen LogP contribution < -0.4 is 20.4 Å². The van der Waals surface area contributed by atoms with E-state index in [2.05, 4.69) is 91.1 Å². The molecule has 2 atom stereocenters. The number of aromatic nitrogens is 4. The quantitative estimate of drug-likeness (QED) is 0.0873. The fraction of sp³-hybridized carbons (Fsp3) is 0.436. The van der Waals surface area contributed by atoms with Gasteiger partial charge in [0.25, 0.3) is 0 Å². The molecule has 0 bridgehead atoms. The van der Waals surface area contributed by atoms with Crippen LogP contribution in [0.4, 0.5) is 21.5 Å². The maximum atomic E-state index is 12.4. The second-order valence-corrected chi connectivity index (χ2v) is 20.7. The zero-order valence-corrected chi connectivity index (χ0v) is 41.9. The number of amides is 2. The largest absolute Gasteiger partial charge is 0.467 e. The van der Waals surface area contributed by atoms with Crippen molar-refractivity contribution in [3.8, 4) is 22.5 Å². The number of nitrogens with one attached hydrogen (secondary N) is 2. The average molecular weight is 953 g/mol. The summed E-state index contributed by atoms with van der Waals surface area (Å²) in [6, 6.07) is 31.9. The molecule has 0 saturated carbocycles. The lowest BCUT2D eigenvalue weighted by Crippen LogP contribution is -2.56. The number of alkyl carbamates (subject to hydrolysis) is 2. The van der Waals surface area contributed by atoms with Crippen LogP contribution in [0.25, 0.3) is 44.1 Å². The van der Waals surface area contributed by atoms with Crippen molar-refractivity contribution in [3.63, 3.8) is 0 Å². The minimum atomic E-state index is -1.07. The van der Waals surface area contributed by atoms with Crippen molar-refractivity contribution in [1.29, 1.82) is 0 Å². The lowest BCUT2D eigenvalue weighted by Gasteiger charge is -2.41. The first-order valence-corrected chi connectivity index (χ1v) is 24.2. The number of nitrogens with zero attached hydrogens (tertiary/aromatic N) is 6. The summed E-state index contributed by atoms with van der Waals surface area (Å²) in [4.78, 5) is 60.1. The molecule has 2 amide bonds. The van der Waals surface area contributed by atoms with Gasteiger partial charge in [-0.2, -0.15) is 0 Å². The van der Waals surface area contributed by atoms with E-state index in [0.717, 1.165) is 53.8 Å². The third-order valence-electron chi connectivity index (χ3n) is 12.5. The topological polar surface area (TPSA) is 181 Å². The molecule has 15 heteroatoms. The van der Waals surface area contributed by atoms with Crippen molar-refractivity contribution in [2.45, 2.75) is 110 Å². The minimum absolute atomic E-state index is 0.0742. The molecule has 2 saturated heterocycles. The summed E-state index contributed by atoms with van der Waals surface area (Å²) in [6.45, 7) is 17.1. The van der Waals surface area contributed by atoms with Crippen LogP contribution in [0.5, 0.6) is 0 Å². The predicted molar refractivity (Wildman–Crippen MR) is 274 cm³/mol. The molecule has 4 aromatic carbocycles. The predicted octanol–water partition coefficient (Wildman–Crippen LogP) is 9.76. The molecule has 0 unspecified atom stereocenters. The summed E-state index contributed by atoms with van der Waals surface area (Å²) in [7, 11) is 1.33. The SMILES string of the molecule is CC(C)(C)OC(=O)N[C@H](C1CCN(c2nccc(-c3ccc4ccccc4c3)n2)CC1)C(C)(C)O.COC(=O)[C@H](NC(=O)OC(C)(C)C)C1CCN(c2nccc(-c3ccc4ccccc4c3)n2)CC1. The van der Waals surface area contributed by atoms with E-state index in [9.17, 15) is 19.5 Å². The molecule has 0 spiro atoms. The number of carbonyl (C=O) groups is 3. The Balaban J connectivity index is 0.000000206. The Morgan fingerprint density at radius 2 is 1.00 bits per heavy atom. The van der Waals surface area contributed by atoms with Gasteiger partial charge in [0.2, 0.25) is 11.9 Å². The third-order valence-corrected chi connectivity index (χ3v) is 12.5. The van der Waals surface area contributed by atoms with Crippen LogP contribution in [0.1, 0.15) is 81.1 Å². The number of fused-ring (bicyclic) bond motifs is 2. The number of ether oxygens (including phenoxy) is 3. The van der Waals surface area contributed by atoms with Crippen LogP contribution in [0.2, 0.25) is 0 Å². The Kier molecular flexibility index (Phi) is 15.9. The highest BCUT2D eigenvalue weighted by Gasteiger charge is 2.39. The number of aliphatic hydroxyl groups is 1. The van der Waals surface area contributed by atoms with Crippen LogP contribution in [-0.4, -0.2) is 105 Å². The minimum Gasteiger partial charge on any atom is -0.467 e. The highest BCUT2D eigenvalue weighted by molar-refractivity contribution is 5.88. The number of anilines is 2. The Bertz CT molecular complexity index is 2750. The van der Waals surface area contributed by atoms with Gasteiger partial charge < -0.3 is 39.8 Å². The van der Waals surface area contributed by atoms with Crippen LogP contribution in [0.3, 0.4) is 0 Å². The molecule has 2 aromatic heterocycles. The van der Waals surface area contributed by atoms with Crippen molar-refractivity contribution in [3.05, 3.63) is 109 Å². The Hall–Kier alpha value is -6.87. The molecule has 370 valence electrons. The van der Waals surface area contributed by atoms with E-state index in [4.69, 9.17) is 24.2 Å². The Morgan fingerprint density at radius 1 is 0.586 bits per heavy atom. The molecule has 6 aromatic rings. The number of methoxy groups -OCH3 is 1. The van der Waals surface area contributed by atoms with Crippen LogP contribution in [0.15, 0.2) is 109 Å². The summed E-state index contributed by atoms with van der Waals surface area (Å²) in [5.41, 5.74) is 1.54. The lowest BCUT2D eigenvalue weighted by atomic mass is 9.81. The molecule has 2 fully saturated rings. The maximum absolute atomic E-state index is 12.4. The Labute approximate surface area is 411 Å². The van der Waals surface area contributed by atoms with Crippen molar-refractivity contribution < 1.29 is 33.7 Å². The average Bonchev–Trinajstić information content (AvgIpc) is 3.33. The fourth-order valence-corrected chi connectivity index (χ4v) is 9.12. The van der Waals surface area contributed by atoms with Gasteiger partial charge in [-0.1, -0.05) is 72.8 Å². The first-order chi connectivity index (χ1) is 33.2. The summed E-state index contributed by atoms with van der Waals surface area (Å²) in [5, 5.41) is 21.2. The smallest absolute Gasteiger partial charge is 0.408 e. The number of hydrogen-bond donors (Lipinski definition) is 3. The normalized spacial score (nSPS) is 15.9. The molecule has 2 aliphatic heterocycles. The van der Waals surface area contributed by atoms with Crippen molar-refractivity contribution in [2.75, 3.05) is 43.1 Å². The molecule has 3 N–H and O–H groups in total. The van der Waals surface area contributed by atoms with Gasteiger partial charge >= 0.3 is 18.2 Å². The van der Waals surface area contributed by atoms with Gasteiger partial charge in [-0.25, -0.2) is 34.3 Å². The molecular formula is C55H68N8O7. The number of esters is 1. The van der Waals surface area contributed by atoms with Crippen molar-refractivity contribution >= 4 is 51.6 Å². The van der Waals surface area contributed by atoms with Crippen LogP contribution >= 0.6 is 0 Å². The standard InChI is InChI=1S/C28H36N4O3.C27H32N4O4/c1-27(2,3)35-26(33)31-24(28(4,5)34)20-13-16-32(17-14-20)25-29-15-12-23(30-25)22-11-10-19-8-6-7-9-21(19)18-22;1-27(2,3)35-26(33)30-23(24(32)34-4)19-12-15-31(16-13-19)25-28-14-11-22(29-25)21-10-9-18-7-5-6-8-20(18)17-21/h6-12,15,18,20,24,34H,13-14,16-17H2,1-5H3,(H,31,33);5-11,14,17,19,23H,12-13,15-16H2,1-4H3,(H,30,33)/t24-;23-/m11/s1. The van der Waals surface area contributed by atoms with E-state index in [1.807, 2.05) is 63.4 Å². The maximum Gasteiger partial charge on any atom is 0.408 e. The zero-order valence-electron chi connectivity index (χ0n) is 41.9. The van der Waals surface area contributed by atoms with Gasteiger partial charge in [-0.3, -0.25) is 0 Å². The highest BCUT2D eigenvalue weighted by Crippen LogP contribution is 2.31. The number of piperidine rings is 2. The van der Waals surface area contributed by atoms with E-state index >= 15 is 0 Å². The molecule has 70 heavy (non-hydrogen) atoms. The monoisotopic (exact) mass is 953 g/mol. The van der Waals surface area contributed by atoms with E-state index in [1.165, 1.54) is 23.3 Å². The molecule has 15 nitrogen and oxygen atoms in total. The first kappa shape index (κ1) is 51.0. The number of benzene rings is 4. The van der Waals surface area contributed by atoms with E-state index in [0.29, 0.717) is 37.8 Å². The van der Waals surface area contributed by atoms with E-state index in [1.54, 1.807) is 40.8 Å². The molecule has 0 radical (unpaired) electrons. The van der Waals surface area contributed by atoms with Gasteiger partial charge in [-0.15, -0.1) is 0 Å². The van der Waals surface area contributed by atoms with Gasteiger partial charge in [0.1, 0.15) is 17.2 Å². The molecule has 2 aliphatic rings. The summed E-state index contributed by atoms with van der Waals surface area (Å²) < 4.78 is 15.7. The first-order valence-electron chi connectivity index (χ1n) is 24.2. The fourth-order valence-electron chi connectivity index (χ4n) is 9.12. The van der Waals surface area contributed by atoms with Gasteiger partial charge in [0.05, 0.1) is 30.1 Å². The van der Waals surface area contributed by atoms with E-state index in [-0.39, 0.29) is 11.8 Å². The number of carbonyl (C=O) groups excluding carboxylic acids is 3. The van der Waals surface area contributed by atoms with Crippen molar-refractivity contribution in [2.24, 2.45) is 11.8 Å². The van der Waals surface area contributed by atoms with Gasteiger partial charge in [0.15, 0.2) is 0 Å². The summed E-state index contributed by atoms with van der Waals surface area (Å²) in [5.74, 6) is 0.930. The second kappa shape index (κ2) is 21.8. The van der Waals surface area contributed by atoms with E-state index < -0.39 is 47.0 Å². The van der Waals surface area contributed by atoms with Crippen molar-refractivity contribution in [1.82, 2.24) is 30.6 Å². The molecular weight excluding hydrogens is 885 g/mol. The van der Waals surface area contributed by atoms with Gasteiger partial charge in [-0.05, 0) is 139 Å². The molecule has 8 rings (SSSR count).